The molecule has 17 heavy (non-hydrogen) atoms. The van der Waals surface area contributed by atoms with Crippen molar-refractivity contribution in [3.63, 3.8) is 0 Å². The minimum atomic E-state index is -0.244. The maximum absolute atomic E-state index is 12.1. The standard InChI is InChI=1S/C13H27N3O/c1-13(2,3)12(17)16-10-8-15(9-11-16)7-6-14(4)5/h6-11H2,1-5H3. The Morgan fingerprint density at radius 1 is 1.12 bits per heavy atom. The van der Waals surface area contributed by atoms with Crippen LogP contribution in [0.1, 0.15) is 20.8 Å². The van der Waals surface area contributed by atoms with E-state index in [9.17, 15) is 4.79 Å². The molecule has 0 spiro atoms. The van der Waals surface area contributed by atoms with Crippen molar-refractivity contribution in [3.05, 3.63) is 0 Å². The molecule has 0 aromatic rings. The van der Waals surface area contributed by atoms with Crippen LogP contribution in [0.5, 0.6) is 0 Å². The number of carbonyl (C=O) groups is 1. The van der Waals surface area contributed by atoms with E-state index in [1.165, 1.54) is 0 Å². The molecule has 0 N–H and O–H groups in total. The average Bonchev–Trinajstić information content (AvgIpc) is 2.25. The number of hydrogen-bond acceptors (Lipinski definition) is 3. The summed E-state index contributed by atoms with van der Waals surface area (Å²) in [5.41, 5.74) is -0.244. The largest absolute Gasteiger partial charge is 0.340 e. The molecule has 100 valence electrons. The molecule has 4 heteroatoms. The molecule has 0 aromatic heterocycles. The van der Waals surface area contributed by atoms with Crippen LogP contribution in [-0.2, 0) is 4.79 Å². The summed E-state index contributed by atoms with van der Waals surface area (Å²) in [5.74, 6) is 0.282. The van der Waals surface area contributed by atoms with Crippen molar-refractivity contribution in [3.8, 4) is 0 Å². The van der Waals surface area contributed by atoms with Gasteiger partial charge in [0, 0.05) is 44.7 Å². The summed E-state index contributed by atoms with van der Waals surface area (Å²) in [7, 11) is 4.19. The average molecular weight is 241 g/mol. The molecule has 0 radical (unpaired) electrons. The second kappa shape index (κ2) is 5.83. The molecule has 0 bridgehead atoms. The summed E-state index contributed by atoms with van der Waals surface area (Å²) >= 11 is 0. The van der Waals surface area contributed by atoms with Crippen LogP contribution >= 0.6 is 0 Å². The van der Waals surface area contributed by atoms with Crippen molar-refractivity contribution >= 4 is 5.91 Å². The van der Waals surface area contributed by atoms with E-state index in [2.05, 4.69) is 23.9 Å². The number of nitrogens with zero attached hydrogens (tertiary/aromatic N) is 3. The van der Waals surface area contributed by atoms with Crippen LogP contribution in [0.3, 0.4) is 0 Å². The molecule has 4 nitrogen and oxygen atoms in total. The topological polar surface area (TPSA) is 26.8 Å². The maximum Gasteiger partial charge on any atom is 0.228 e. The SMILES string of the molecule is CN(C)CCN1CCN(C(=O)C(C)(C)C)CC1. The summed E-state index contributed by atoms with van der Waals surface area (Å²) in [5, 5.41) is 0. The fraction of sp³-hybridized carbons (Fsp3) is 0.923. The van der Waals surface area contributed by atoms with Gasteiger partial charge >= 0.3 is 0 Å². The Balaban J connectivity index is 2.33. The zero-order valence-electron chi connectivity index (χ0n) is 12.0. The fourth-order valence-corrected chi connectivity index (χ4v) is 1.99. The molecule has 1 saturated heterocycles. The maximum atomic E-state index is 12.1. The van der Waals surface area contributed by atoms with Crippen LogP contribution < -0.4 is 0 Å². The lowest BCUT2D eigenvalue weighted by Crippen LogP contribution is -2.52. The Hall–Kier alpha value is -0.610. The normalized spacial score (nSPS) is 18.8. The van der Waals surface area contributed by atoms with Gasteiger partial charge < -0.3 is 9.80 Å². The van der Waals surface area contributed by atoms with E-state index in [-0.39, 0.29) is 11.3 Å². The molecule has 0 aliphatic carbocycles. The summed E-state index contributed by atoms with van der Waals surface area (Å²) < 4.78 is 0. The van der Waals surface area contributed by atoms with Crippen LogP contribution in [-0.4, -0.2) is 74.0 Å². The predicted molar refractivity (Wildman–Crippen MR) is 71.0 cm³/mol. The summed E-state index contributed by atoms with van der Waals surface area (Å²) in [6, 6.07) is 0. The van der Waals surface area contributed by atoms with Gasteiger partial charge in [0.25, 0.3) is 0 Å². The number of piperazine rings is 1. The first-order chi connectivity index (χ1) is 7.80. The van der Waals surface area contributed by atoms with Gasteiger partial charge in [-0.15, -0.1) is 0 Å². The molecule has 0 unspecified atom stereocenters. The zero-order valence-corrected chi connectivity index (χ0v) is 12.0. The monoisotopic (exact) mass is 241 g/mol. The number of amides is 1. The lowest BCUT2D eigenvalue weighted by molar-refractivity contribution is -0.141. The molecule has 1 fully saturated rings. The van der Waals surface area contributed by atoms with E-state index in [0.29, 0.717) is 0 Å². The van der Waals surface area contributed by atoms with E-state index < -0.39 is 0 Å². The van der Waals surface area contributed by atoms with Crippen LogP contribution in [0.4, 0.5) is 0 Å². The minimum absolute atomic E-state index is 0.244. The lowest BCUT2D eigenvalue weighted by Gasteiger charge is -2.37. The predicted octanol–water partition coefficient (Wildman–Crippen LogP) is 0.738. The van der Waals surface area contributed by atoms with Crippen molar-refractivity contribution in [2.24, 2.45) is 5.41 Å². The molecule has 1 aliphatic rings. The third-order valence-electron chi connectivity index (χ3n) is 3.16. The van der Waals surface area contributed by atoms with E-state index in [0.717, 1.165) is 39.3 Å². The Bertz CT molecular complexity index is 250. The first-order valence-electron chi connectivity index (χ1n) is 6.47. The number of likely N-dealkylation sites (N-methyl/N-ethyl adjacent to an activating group) is 1. The van der Waals surface area contributed by atoms with Gasteiger partial charge in [0.05, 0.1) is 0 Å². The number of carbonyl (C=O) groups excluding carboxylic acids is 1. The zero-order chi connectivity index (χ0) is 13.1. The number of rotatable bonds is 3. The van der Waals surface area contributed by atoms with Gasteiger partial charge in [0.1, 0.15) is 0 Å². The molecule has 1 rings (SSSR count). The van der Waals surface area contributed by atoms with E-state index in [1.807, 2.05) is 25.7 Å². The third-order valence-corrected chi connectivity index (χ3v) is 3.16. The smallest absolute Gasteiger partial charge is 0.228 e. The Morgan fingerprint density at radius 2 is 1.65 bits per heavy atom. The van der Waals surface area contributed by atoms with Crippen molar-refractivity contribution in [2.45, 2.75) is 20.8 Å². The highest BCUT2D eigenvalue weighted by atomic mass is 16.2. The molecule has 0 aromatic carbocycles. The van der Waals surface area contributed by atoms with Gasteiger partial charge in [0.2, 0.25) is 5.91 Å². The van der Waals surface area contributed by atoms with Gasteiger partial charge in [-0.1, -0.05) is 20.8 Å². The minimum Gasteiger partial charge on any atom is -0.340 e. The van der Waals surface area contributed by atoms with Gasteiger partial charge in [-0.3, -0.25) is 9.69 Å². The van der Waals surface area contributed by atoms with Crippen molar-refractivity contribution < 1.29 is 4.79 Å². The first kappa shape index (κ1) is 14.5. The molecule has 1 amide bonds. The van der Waals surface area contributed by atoms with Gasteiger partial charge in [0.15, 0.2) is 0 Å². The quantitative estimate of drug-likeness (QED) is 0.729. The fourth-order valence-electron chi connectivity index (χ4n) is 1.99. The van der Waals surface area contributed by atoms with E-state index in [1.54, 1.807) is 0 Å². The molecule has 1 heterocycles. The van der Waals surface area contributed by atoms with E-state index >= 15 is 0 Å². The van der Waals surface area contributed by atoms with Crippen LogP contribution in [0.15, 0.2) is 0 Å². The molecule has 0 saturated carbocycles. The Morgan fingerprint density at radius 3 is 2.06 bits per heavy atom. The second-order valence-corrected chi connectivity index (χ2v) is 6.19. The highest BCUT2D eigenvalue weighted by molar-refractivity contribution is 5.81. The summed E-state index contributed by atoms with van der Waals surface area (Å²) in [4.78, 5) is 18.7. The summed E-state index contributed by atoms with van der Waals surface area (Å²) in [6.45, 7) is 11.9. The van der Waals surface area contributed by atoms with Crippen molar-refractivity contribution in [2.75, 3.05) is 53.4 Å². The lowest BCUT2D eigenvalue weighted by atomic mass is 9.94. The van der Waals surface area contributed by atoms with Gasteiger partial charge in [-0.2, -0.15) is 0 Å². The molecular formula is C13H27N3O. The summed E-state index contributed by atoms with van der Waals surface area (Å²) in [6.07, 6.45) is 0. The number of hydrogen-bond donors (Lipinski definition) is 0. The van der Waals surface area contributed by atoms with Crippen LogP contribution in [0, 0.1) is 5.41 Å². The third kappa shape index (κ3) is 4.64. The van der Waals surface area contributed by atoms with Crippen molar-refractivity contribution in [1.82, 2.24) is 14.7 Å². The van der Waals surface area contributed by atoms with Crippen LogP contribution in [0.2, 0.25) is 0 Å². The Labute approximate surface area is 106 Å². The highest BCUT2D eigenvalue weighted by Gasteiger charge is 2.29. The van der Waals surface area contributed by atoms with Crippen molar-refractivity contribution in [1.29, 1.82) is 0 Å². The molecule has 1 aliphatic heterocycles. The molecular weight excluding hydrogens is 214 g/mol. The van der Waals surface area contributed by atoms with Crippen LogP contribution in [0.25, 0.3) is 0 Å². The highest BCUT2D eigenvalue weighted by Crippen LogP contribution is 2.18. The first-order valence-corrected chi connectivity index (χ1v) is 6.47. The molecule has 0 atom stereocenters. The second-order valence-electron chi connectivity index (χ2n) is 6.19. The Kier molecular flexibility index (Phi) is 4.95. The van der Waals surface area contributed by atoms with E-state index in [4.69, 9.17) is 0 Å². The van der Waals surface area contributed by atoms with Gasteiger partial charge in [-0.05, 0) is 14.1 Å². The van der Waals surface area contributed by atoms with Gasteiger partial charge in [-0.25, -0.2) is 0 Å².